The van der Waals surface area contributed by atoms with Crippen LogP contribution >= 0.6 is 0 Å². The minimum Gasteiger partial charge on any atom is -0.360 e. The second kappa shape index (κ2) is 4.49. The van der Waals surface area contributed by atoms with Crippen LogP contribution in [0, 0.1) is 0 Å². The molecule has 3 rings (SSSR count). The fraction of sp³-hybridized carbons (Fsp3) is 0. The molecular weight excluding hydrogens is 240 g/mol. The number of ketones is 1. The van der Waals surface area contributed by atoms with E-state index in [9.17, 15) is 9.59 Å². The number of pyridine rings is 2. The van der Waals surface area contributed by atoms with Crippen molar-refractivity contribution in [3.05, 3.63) is 76.3 Å². The van der Waals surface area contributed by atoms with Crippen molar-refractivity contribution in [1.29, 1.82) is 0 Å². The quantitative estimate of drug-likeness (QED) is 0.709. The molecule has 0 fully saturated rings. The fourth-order valence-electron chi connectivity index (χ4n) is 1.98. The van der Waals surface area contributed by atoms with Crippen LogP contribution in [0.25, 0.3) is 10.9 Å². The lowest BCUT2D eigenvalue weighted by molar-refractivity contribution is 0.103. The van der Waals surface area contributed by atoms with E-state index in [1.807, 2.05) is 6.07 Å². The maximum Gasteiger partial charge on any atom is 0.202 e. The average molecular weight is 250 g/mol. The van der Waals surface area contributed by atoms with Gasteiger partial charge in [0.2, 0.25) is 5.43 Å². The lowest BCUT2D eigenvalue weighted by Crippen LogP contribution is -2.16. The molecule has 0 atom stereocenters. The van der Waals surface area contributed by atoms with Gasteiger partial charge in [-0.3, -0.25) is 14.6 Å². The molecule has 0 aliphatic heterocycles. The third-order valence-corrected chi connectivity index (χ3v) is 2.96. The first-order chi connectivity index (χ1) is 9.27. The Kier molecular flexibility index (Phi) is 2.68. The molecule has 1 aromatic carbocycles. The zero-order valence-electron chi connectivity index (χ0n) is 9.96. The molecular formula is C15H10N2O2. The standard InChI is InChI=1S/C15H10N2O2/c18-14(10-4-2-1-3-5-10)12-9-17-13-6-7-16-8-11(13)15(12)19/h1-9H,(H,17,19). The van der Waals surface area contributed by atoms with E-state index in [4.69, 9.17) is 0 Å². The van der Waals surface area contributed by atoms with Crippen LogP contribution in [0.3, 0.4) is 0 Å². The molecule has 4 heteroatoms. The van der Waals surface area contributed by atoms with E-state index in [1.54, 1.807) is 36.5 Å². The molecule has 0 aliphatic rings. The monoisotopic (exact) mass is 250 g/mol. The van der Waals surface area contributed by atoms with Crippen molar-refractivity contribution in [2.45, 2.75) is 0 Å². The van der Waals surface area contributed by atoms with E-state index >= 15 is 0 Å². The van der Waals surface area contributed by atoms with Gasteiger partial charge in [-0.05, 0) is 6.07 Å². The first-order valence-electron chi connectivity index (χ1n) is 5.82. The molecule has 19 heavy (non-hydrogen) atoms. The first-order valence-corrected chi connectivity index (χ1v) is 5.82. The van der Waals surface area contributed by atoms with E-state index < -0.39 is 0 Å². The number of aromatic nitrogens is 2. The largest absolute Gasteiger partial charge is 0.360 e. The van der Waals surface area contributed by atoms with Gasteiger partial charge in [0.05, 0.1) is 16.5 Å². The van der Waals surface area contributed by atoms with Crippen molar-refractivity contribution < 1.29 is 4.79 Å². The van der Waals surface area contributed by atoms with Crippen LogP contribution in [0.1, 0.15) is 15.9 Å². The van der Waals surface area contributed by atoms with Crippen LogP contribution in [0.15, 0.2) is 59.8 Å². The van der Waals surface area contributed by atoms with E-state index in [0.717, 1.165) is 0 Å². The molecule has 0 saturated carbocycles. The molecule has 0 saturated heterocycles. The molecule has 3 aromatic rings. The predicted octanol–water partition coefficient (Wildman–Crippen LogP) is 2.15. The summed E-state index contributed by atoms with van der Waals surface area (Å²) < 4.78 is 0. The van der Waals surface area contributed by atoms with Gasteiger partial charge >= 0.3 is 0 Å². The highest BCUT2D eigenvalue weighted by Crippen LogP contribution is 2.09. The van der Waals surface area contributed by atoms with Crippen molar-refractivity contribution in [2.75, 3.05) is 0 Å². The van der Waals surface area contributed by atoms with Crippen molar-refractivity contribution in [2.24, 2.45) is 0 Å². The lowest BCUT2D eigenvalue weighted by atomic mass is 10.0. The predicted molar refractivity (Wildman–Crippen MR) is 72.2 cm³/mol. The highest BCUT2D eigenvalue weighted by Gasteiger charge is 2.14. The summed E-state index contributed by atoms with van der Waals surface area (Å²) in [6.07, 6.45) is 4.52. The van der Waals surface area contributed by atoms with Crippen molar-refractivity contribution in [3.63, 3.8) is 0 Å². The van der Waals surface area contributed by atoms with Crippen LogP contribution in [0.5, 0.6) is 0 Å². The number of hydrogen-bond acceptors (Lipinski definition) is 3. The molecule has 92 valence electrons. The highest BCUT2D eigenvalue weighted by molar-refractivity contribution is 6.09. The summed E-state index contributed by atoms with van der Waals surface area (Å²) in [6.45, 7) is 0. The number of nitrogens with one attached hydrogen (secondary N) is 1. The number of fused-ring (bicyclic) bond motifs is 1. The Morgan fingerprint density at radius 1 is 1.11 bits per heavy atom. The Bertz CT molecular complexity index is 807. The van der Waals surface area contributed by atoms with Gasteiger partial charge < -0.3 is 4.98 Å². The van der Waals surface area contributed by atoms with E-state index in [2.05, 4.69) is 9.97 Å². The minimum atomic E-state index is -0.296. The van der Waals surface area contributed by atoms with Gasteiger partial charge in [-0.1, -0.05) is 30.3 Å². The molecule has 2 aromatic heterocycles. The van der Waals surface area contributed by atoms with Crippen LogP contribution in [-0.4, -0.2) is 15.8 Å². The summed E-state index contributed by atoms with van der Waals surface area (Å²) in [5, 5.41) is 0.421. The molecule has 0 bridgehead atoms. The second-order valence-corrected chi connectivity index (χ2v) is 4.15. The van der Waals surface area contributed by atoms with Crippen LogP contribution in [-0.2, 0) is 0 Å². The van der Waals surface area contributed by atoms with Gasteiger partial charge in [-0.25, -0.2) is 0 Å². The molecule has 0 radical (unpaired) electrons. The Hall–Kier alpha value is -2.75. The Morgan fingerprint density at radius 3 is 2.68 bits per heavy atom. The van der Waals surface area contributed by atoms with E-state index in [-0.39, 0.29) is 16.8 Å². The Balaban J connectivity index is 2.19. The smallest absolute Gasteiger partial charge is 0.202 e. The summed E-state index contributed by atoms with van der Waals surface area (Å²) in [5.41, 5.74) is 1.00. The number of benzene rings is 1. The van der Waals surface area contributed by atoms with Crippen LogP contribution < -0.4 is 5.43 Å². The Labute approximate surface area is 108 Å². The number of H-pyrrole nitrogens is 1. The summed E-state index contributed by atoms with van der Waals surface area (Å²) >= 11 is 0. The van der Waals surface area contributed by atoms with Gasteiger partial charge in [0.1, 0.15) is 0 Å². The van der Waals surface area contributed by atoms with Gasteiger partial charge in [-0.15, -0.1) is 0 Å². The topological polar surface area (TPSA) is 62.8 Å². The van der Waals surface area contributed by atoms with Crippen molar-refractivity contribution in [1.82, 2.24) is 9.97 Å². The van der Waals surface area contributed by atoms with Gasteiger partial charge in [0.15, 0.2) is 5.78 Å². The van der Waals surface area contributed by atoms with Gasteiger partial charge in [0.25, 0.3) is 0 Å². The van der Waals surface area contributed by atoms with E-state index in [0.29, 0.717) is 16.5 Å². The zero-order chi connectivity index (χ0) is 13.2. The van der Waals surface area contributed by atoms with Crippen molar-refractivity contribution >= 4 is 16.7 Å². The number of nitrogens with zero attached hydrogens (tertiary/aromatic N) is 1. The SMILES string of the molecule is O=C(c1ccccc1)c1c[nH]c2ccncc2c1=O. The molecule has 1 N–H and O–H groups in total. The molecule has 2 heterocycles. The first kappa shape index (κ1) is 11.3. The zero-order valence-corrected chi connectivity index (χ0v) is 9.96. The van der Waals surface area contributed by atoms with Gasteiger partial charge in [0, 0.05) is 24.2 Å². The summed E-state index contributed by atoms with van der Waals surface area (Å²) in [6, 6.07) is 10.4. The maximum atomic E-state index is 12.3. The summed E-state index contributed by atoms with van der Waals surface area (Å²) in [5.74, 6) is -0.285. The Morgan fingerprint density at radius 2 is 1.89 bits per heavy atom. The molecule has 0 amide bonds. The van der Waals surface area contributed by atoms with Crippen LogP contribution in [0.2, 0.25) is 0 Å². The molecule has 4 nitrogen and oxygen atoms in total. The normalized spacial score (nSPS) is 10.5. The second-order valence-electron chi connectivity index (χ2n) is 4.15. The third kappa shape index (κ3) is 1.93. The average Bonchev–Trinajstić information content (AvgIpc) is 2.48. The van der Waals surface area contributed by atoms with E-state index in [1.165, 1.54) is 12.4 Å². The molecule has 0 spiro atoms. The summed E-state index contributed by atoms with van der Waals surface area (Å²) in [4.78, 5) is 31.4. The number of aromatic amines is 1. The van der Waals surface area contributed by atoms with Gasteiger partial charge in [-0.2, -0.15) is 0 Å². The highest BCUT2D eigenvalue weighted by atomic mass is 16.1. The maximum absolute atomic E-state index is 12.3. The third-order valence-electron chi connectivity index (χ3n) is 2.96. The lowest BCUT2D eigenvalue weighted by Gasteiger charge is -2.02. The number of rotatable bonds is 2. The fourth-order valence-corrected chi connectivity index (χ4v) is 1.98. The number of carbonyl (C=O) groups excluding carboxylic acids is 1. The summed E-state index contributed by atoms with van der Waals surface area (Å²) in [7, 11) is 0. The van der Waals surface area contributed by atoms with Crippen LogP contribution in [0.4, 0.5) is 0 Å². The van der Waals surface area contributed by atoms with Crippen molar-refractivity contribution in [3.8, 4) is 0 Å². The number of hydrogen-bond donors (Lipinski definition) is 1. The molecule has 0 unspecified atom stereocenters. The molecule has 0 aliphatic carbocycles. The number of carbonyl (C=O) groups is 1. The minimum absolute atomic E-state index is 0.131.